The van der Waals surface area contributed by atoms with Crippen LogP contribution in [-0.2, 0) is 16.0 Å². The highest BCUT2D eigenvalue weighted by atomic mass is 16.2. The van der Waals surface area contributed by atoms with Crippen molar-refractivity contribution in [2.24, 2.45) is 0 Å². The number of nitrogens with one attached hydrogen (secondary N) is 2. The van der Waals surface area contributed by atoms with Gasteiger partial charge in [0.25, 0.3) is 0 Å². The van der Waals surface area contributed by atoms with E-state index < -0.39 is 11.7 Å². The van der Waals surface area contributed by atoms with E-state index in [9.17, 15) is 14.9 Å². The van der Waals surface area contributed by atoms with Crippen molar-refractivity contribution < 1.29 is 9.59 Å². The molecule has 1 atom stereocenters. The molecule has 0 aliphatic heterocycles. The fraction of sp³-hybridized carbons (Fsp3) is 0.158. The maximum Gasteiger partial charge on any atom is 0.224 e. The van der Waals surface area contributed by atoms with E-state index in [4.69, 9.17) is 0 Å². The number of aromatic nitrogens is 2. The van der Waals surface area contributed by atoms with Gasteiger partial charge in [0.1, 0.15) is 5.82 Å². The van der Waals surface area contributed by atoms with Crippen molar-refractivity contribution in [1.29, 1.82) is 5.26 Å². The number of hydrogen-bond donors (Lipinski definition) is 2. The Bertz CT molecular complexity index is 908. The molecule has 124 valence electrons. The number of carbonyl (C=O) groups excluding carboxylic acids is 2. The van der Waals surface area contributed by atoms with Gasteiger partial charge in [-0.15, -0.1) is 0 Å². The third kappa shape index (κ3) is 3.90. The van der Waals surface area contributed by atoms with Gasteiger partial charge in [-0.2, -0.15) is 5.26 Å². The first-order valence-electron chi connectivity index (χ1n) is 7.85. The average Bonchev–Trinajstić information content (AvgIpc) is 3.05. The van der Waals surface area contributed by atoms with E-state index in [-0.39, 0.29) is 18.9 Å². The van der Waals surface area contributed by atoms with Gasteiger partial charge < -0.3 is 10.3 Å². The predicted octanol–water partition coefficient (Wildman–Crippen LogP) is 2.10. The van der Waals surface area contributed by atoms with E-state index in [0.29, 0.717) is 11.3 Å². The second kappa shape index (κ2) is 7.41. The first-order chi connectivity index (χ1) is 12.2. The predicted molar refractivity (Wildman–Crippen MR) is 92.6 cm³/mol. The van der Waals surface area contributed by atoms with Gasteiger partial charge in [0.2, 0.25) is 5.91 Å². The maximum absolute atomic E-state index is 12.3. The summed E-state index contributed by atoms with van der Waals surface area (Å²) in [6.45, 7) is -0.207. The van der Waals surface area contributed by atoms with Crippen molar-refractivity contribution in [2.45, 2.75) is 12.3 Å². The Balaban J connectivity index is 1.62. The molecule has 0 spiro atoms. The van der Waals surface area contributed by atoms with Crippen molar-refractivity contribution in [3.63, 3.8) is 0 Å². The molecule has 0 saturated heterocycles. The quantitative estimate of drug-likeness (QED) is 0.722. The summed E-state index contributed by atoms with van der Waals surface area (Å²) in [5, 5.41) is 11.9. The number of Topliss-reactive ketones (excluding diaryl/α,β-unsaturated/α-hetero) is 1. The molecular weight excluding hydrogens is 316 g/mol. The van der Waals surface area contributed by atoms with Crippen LogP contribution in [0.4, 0.5) is 0 Å². The zero-order valence-electron chi connectivity index (χ0n) is 13.4. The van der Waals surface area contributed by atoms with Gasteiger partial charge in [0, 0.05) is 0 Å². The van der Waals surface area contributed by atoms with Crippen LogP contribution in [0.5, 0.6) is 0 Å². The van der Waals surface area contributed by atoms with Crippen molar-refractivity contribution >= 4 is 22.7 Å². The summed E-state index contributed by atoms with van der Waals surface area (Å²) in [6.07, 6.45) is 0.190. The molecule has 0 aliphatic carbocycles. The number of benzene rings is 2. The normalized spacial score (nSPS) is 11.6. The van der Waals surface area contributed by atoms with E-state index in [1.54, 1.807) is 6.07 Å². The molecule has 1 heterocycles. The monoisotopic (exact) mass is 332 g/mol. The summed E-state index contributed by atoms with van der Waals surface area (Å²) in [5.74, 6) is -1.40. The van der Waals surface area contributed by atoms with Gasteiger partial charge in [-0.25, -0.2) is 4.98 Å². The number of ketones is 1. The Morgan fingerprint density at radius 1 is 1.12 bits per heavy atom. The number of aromatic amines is 1. The smallest absolute Gasteiger partial charge is 0.224 e. The van der Waals surface area contributed by atoms with Crippen LogP contribution in [0.25, 0.3) is 11.0 Å². The molecule has 0 radical (unpaired) electrons. The summed E-state index contributed by atoms with van der Waals surface area (Å²) in [4.78, 5) is 31.5. The zero-order chi connectivity index (χ0) is 17.6. The number of carbonyl (C=O) groups is 2. The molecule has 0 bridgehead atoms. The lowest BCUT2D eigenvalue weighted by Crippen LogP contribution is -2.33. The standard InChI is InChI=1S/C19H16N4O2/c20-11-14(19-22-15-8-4-5-9-16(15)23-19)17(24)12-21-18(25)10-13-6-2-1-3-7-13/h1-9,14H,10,12H2,(H,21,25)(H,22,23). The summed E-state index contributed by atoms with van der Waals surface area (Å²) in [6, 6.07) is 18.5. The first kappa shape index (κ1) is 16.4. The van der Waals surface area contributed by atoms with Crippen molar-refractivity contribution in [3.05, 3.63) is 66.0 Å². The minimum atomic E-state index is -1.04. The number of H-pyrrole nitrogens is 1. The number of imidazole rings is 1. The molecule has 25 heavy (non-hydrogen) atoms. The first-order valence-corrected chi connectivity index (χ1v) is 7.85. The molecule has 2 N–H and O–H groups in total. The summed E-state index contributed by atoms with van der Waals surface area (Å²) >= 11 is 0. The molecule has 6 heteroatoms. The average molecular weight is 332 g/mol. The van der Waals surface area contributed by atoms with Gasteiger partial charge >= 0.3 is 0 Å². The highest BCUT2D eigenvalue weighted by molar-refractivity contribution is 5.93. The third-order valence-electron chi connectivity index (χ3n) is 3.80. The number of nitrogens with zero attached hydrogens (tertiary/aromatic N) is 2. The lowest BCUT2D eigenvalue weighted by atomic mass is 10.1. The Kier molecular flexibility index (Phi) is 4.86. The van der Waals surface area contributed by atoms with E-state index >= 15 is 0 Å². The summed E-state index contributed by atoms with van der Waals surface area (Å²) < 4.78 is 0. The van der Waals surface area contributed by atoms with Gasteiger partial charge in [-0.3, -0.25) is 9.59 Å². The Morgan fingerprint density at radius 3 is 2.56 bits per heavy atom. The zero-order valence-corrected chi connectivity index (χ0v) is 13.4. The Hall–Kier alpha value is -3.46. The molecule has 0 saturated carbocycles. The molecule has 0 aliphatic rings. The third-order valence-corrected chi connectivity index (χ3v) is 3.80. The topological polar surface area (TPSA) is 98.6 Å². The number of para-hydroxylation sites is 2. The molecule has 1 unspecified atom stereocenters. The van der Waals surface area contributed by atoms with E-state index in [1.165, 1.54) is 0 Å². The lowest BCUT2D eigenvalue weighted by Gasteiger charge is -2.07. The largest absolute Gasteiger partial charge is 0.349 e. The molecule has 3 aromatic rings. The lowest BCUT2D eigenvalue weighted by molar-refractivity contribution is -0.124. The SMILES string of the molecule is N#CC(C(=O)CNC(=O)Cc1ccccc1)c1nc2ccccc2[nH]1. The fourth-order valence-electron chi connectivity index (χ4n) is 2.53. The fourth-order valence-corrected chi connectivity index (χ4v) is 2.53. The number of nitriles is 1. The minimum absolute atomic E-state index is 0.190. The van der Waals surface area contributed by atoms with Gasteiger partial charge in [-0.1, -0.05) is 42.5 Å². The molecule has 2 aromatic carbocycles. The number of fused-ring (bicyclic) bond motifs is 1. The molecule has 1 aromatic heterocycles. The highest BCUT2D eigenvalue weighted by Gasteiger charge is 2.23. The van der Waals surface area contributed by atoms with Crippen molar-refractivity contribution in [3.8, 4) is 6.07 Å². The van der Waals surface area contributed by atoms with Crippen LogP contribution in [0, 0.1) is 11.3 Å². The second-order valence-electron chi connectivity index (χ2n) is 5.61. The van der Waals surface area contributed by atoms with Gasteiger partial charge in [-0.05, 0) is 17.7 Å². The molecule has 0 fully saturated rings. The summed E-state index contributed by atoms with van der Waals surface area (Å²) in [5.41, 5.74) is 2.32. The molecule has 1 amide bonds. The van der Waals surface area contributed by atoms with Crippen LogP contribution in [0.1, 0.15) is 17.3 Å². The second-order valence-corrected chi connectivity index (χ2v) is 5.61. The maximum atomic E-state index is 12.3. The van der Waals surface area contributed by atoms with Crippen LogP contribution in [0.3, 0.4) is 0 Å². The van der Waals surface area contributed by atoms with Crippen LogP contribution in [-0.4, -0.2) is 28.2 Å². The number of rotatable bonds is 6. The van der Waals surface area contributed by atoms with E-state index in [1.807, 2.05) is 54.6 Å². The number of hydrogen-bond acceptors (Lipinski definition) is 4. The number of amides is 1. The van der Waals surface area contributed by atoms with E-state index in [0.717, 1.165) is 11.1 Å². The van der Waals surface area contributed by atoms with Gasteiger partial charge in [0.15, 0.2) is 11.7 Å². The molecule has 6 nitrogen and oxygen atoms in total. The van der Waals surface area contributed by atoms with E-state index in [2.05, 4.69) is 15.3 Å². The van der Waals surface area contributed by atoms with Crippen LogP contribution in [0.15, 0.2) is 54.6 Å². The van der Waals surface area contributed by atoms with Crippen LogP contribution >= 0.6 is 0 Å². The van der Waals surface area contributed by atoms with Crippen LogP contribution in [0.2, 0.25) is 0 Å². The minimum Gasteiger partial charge on any atom is -0.349 e. The highest BCUT2D eigenvalue weighted by Crippen LogP contribution is 2.17. The molecular formula is C19H16N4O2. The molecule has 3 rings (SSSR count). The Labute approximate surface area is 144 Å². The van der Waals surface area contributed by atoms with Crippen molar-refractivity contribution in [2.75, 3.05) is 6.54 Å². The van der Waals surface area contributed by atoms with Crippen molar-refractivity contribution in [1.82, 2.24) is 15.3 Å². The summed E-state index contributed by atoms with van der Waals surface area (Å²) in [7, 11) is 0. The van der Waals surface area contributed by atoms with Crippen LogP contribution < -0.4 is 5.32 Å². The Morgan fingerprint density at radius 2 is 1.84 bits per heavy atom. The van der Waals surface area contributed by atoms with Gasteiger partial charge in [0.05, 0.1) is 30.1 Å².